The van der Waals surface area contributed by atoms with E-state index in [0.717, 1.165) is 24.5 Å². The van der Waals surface area contributed by atoms with Gasteiger partial charge in [-0.1, -0.05) is 6.92 Å². The number of nitrogens with two attached hydrogens (primary N) is 1. The average molecular weight is 208 g/mol. The fourth-order valence-electron chi connectivity index (χ4n) is 1.60. The van der Waals surface area contributed by atoms with Crippen LogP contribution in [0.1, 0.15) is 32.3 Å². The van der Waals surface area contributed by atoms with E-state index in [1.165, 1.54) is 0 Å². The molecule has 0 aliphatic heterocycles. The van der Waals surface area contributed by atoms with Gasteiger partial charge in [0, 0.05) is 24.8 Å². The van der Waals surface area contributed by atoms with Crippen LogP contribution < -0.4 is 10.6 Å². The number of aromatic nitrogens is 2. The summed E-state index contributed by atoms with van der Waals surface area (Å²) in [7, 11) is 0. The van der Waals surface area contributed by atoms with Gasteiger partial charge in [-0.25, -0.2) is 9.97 Å². The zero-order valence-corrected chi connectivity index (χ0v) is 9.77. The van der Waals surface area contributed by atoms with Crippen molar-refractivity contribution in [1.82, 2.24) is 9.97 Å². The van der Waals surface area contributed by atoms with Gasteiger partial charge in [0.25, 0.3) is 0 Å². The highest BCUT2D eigenvalue weighted by Crippen LogP contribution is 2.23. The van der Waals surface area contributed by atoms with Crippen LogP contribution in [-0.2, 0) is 0 Å². The van der Waals surface area contributed by atoms with Crippen molar-refractivity contribution in [2.24, 2.45) is 5.73 Å². The highest BCUT2D eigenvalue weighted by atomic mass is 15.2. The summed E-state index contributed by atoms with van der Waals surface area (Å²) in [6, 6.07) is 0. The first-order valence-electron chi connectivity index (χ1n) is 5.49. The van der Waals surface area contributed by atoms with Crippen LogP contribution in [0, 0.1) is 0 Å². The first kappa shape index (κ1) is 11.9. The van der Waals surface area contributed by atoms with E-state index in [1.54, 1.807) is 6.33 Å². The monoisotopic (exact) mass is 208 g/mol. The van der Waals surface area contributed by atoms with E-state index >= 15 is 0 Å². The molecule has 0 bridgehead atoms. The number of rotatable bonds is 5. The Morgan fingerprint density at radius 1 is 1.40 bits per heavy atom. The average Bonchev–Trinajstić information content (AvgIpc) is 2.30. The molecule has 0 spiro atoms. The first-order valence-corrected chi connectivity index (χ1v) is 5.49. The van der Waals surface area contributed by atoms with Gasteiger partial charge in [-0.2, -0.15) is 0 Å². The third kappa shape index (κ3) is 2.65. The Hall–Kier alpha value is -1.16. The quantitative estimate of drug-likeness (QED) is 0.794. The van der Waals surface area contributed by atoms with E-state index < -0.39 is 0 Å². The van der Waals surface area contributed by atoms with Crippen LogP contribution in [0.15, 0.2) is 12.5 Å². The minimum atomic E-state index is 0.307. The molecule has 1 rings (SSSR count). The van der Waals surface area contributed by atoms with Gasteiger partial charge in [0.2, 0.25) is 0 Å². The third-order valence-corrected chi connectivity index (χ3v) is 2.67. The van der Waals surface area contributed by atoms with Crippen LogP contribution >= 0.6 is 0 Å². The normalized spacial score (nSPS) is 12.5. The van der Waals surface area contributed by atoms with Crippen LogP contribution in [0.3, 0.4) is 0 Å². The molecular weight excluding hydrogens is 188 g/mol. The summed E-state index contributed by atoms with van der Waals surface area (Å²) < 4.78 is 0. The molecule has 0 aliphatic rings. The Balaban J connectivity index is 3.04. The number of hydrogen-bond acceptors (Lipinski definition) is 4. The summed E-state index contributed by atoms with van der Waals surface area (Å²) in [4.78, 5) is 10.6. The van der Waals surface area contributed by atoms with Gasteiger partial charge in [0.15, 0.2) is 0 Å². The first-order chi connectivity index (χ1) is 7.24. The minimum Gasteiger partial charge on any atom is -0.357 e. The molecular formula is C11H20N4. The summed E-state index contributed by atoms with van der Waals surface area (Å²) in [6.07, 6.45) is 3.47. The van der Waals surface area contributed by atoms with Crippen LogP contribution in [0.25, 0.3) is 0 Å². The van der Waals surface area contributed by atoms with Crippen LogP contribution in [0.2, 0.25) is 0 Å². The summed E-state index contributed by atoms with van der Waals surface area (Å²) in [5.74, 6) is 1.33. The molecule has 1 unspecified atom stereocenters. The maximum atomic E-state index is 5.68. The highest BCUT2D eigenvalue weighted by molar-refractivity contribution is 5.47. The van der Waals surface area contributed by atoms with Gasteiger partial charge in [0.05, 0.1) is 0 Å². The van der Waals surface area contributed by atoms with Crippen molar-refractivity contribution in [3.8, 4) is 0 Å². The van der Waals surface area contributed by atoms with Crippen molar-refractivity contribution in [3.63, 3.8) is 0 Å². The Morgan fingerprint density at radius 2 is 2.07 bits per heavy atom. The molecule has 0 amide bonds. The molecule has 84 valence electrons. The van der Waals surface area contributed by atoms with Gasteiger partial charge >= 0.3 is 0 Å². The standard InChI is InChI=1S/C11H20N4/c1-4-15(5-2)11-10(9(3)6-12)7-13-8-14-11/h7-9H,4-6,12H2,1-3H3. The highest BCUT2D eigenvalue weighted by Gasteiger charge is 2.14. The lowest BCUT2D eigenvalue weighted by molar-refractivity contribution is 0.742. The Morgan fingerprint density at radius 3 is 2.60 bits per heavy atom. The van der Waals surface area contributed by atoms with Crippen molar-refractivity contribution >= 4 is 5.82 Å². The second-order valence-corrected chi connectivity index (χ2v) is 3.61. The van der Waals surface area contributed by atoms with Gasteiger partial charge in [-0.3, -0.25) is 0 Å². The Labute approximate surface area is 91.5 Å². The summed E-state index contributed by atoms with van der Waals surface area (Å²) in [6.45, 7) is 8.90. The molecule has 0 saturated heterocycles. The molecule has 4 nitrogen and oxygen atoms in total. The third-order valence-electron chi connectivity index (χ3n) is 2.67. The van der Waals surface area contributed by atoms with Gasteiger partial charge in [-0.15, -0.1) is 0 Å². The molecule has 2 N–H and O–H groups in total. The molecule has 0 radical (unpaired) electrons. The smallest absolute Gasteiger partial charge is 0.135 e. The second kappa shape index (κ2) is 5.66. The van der Waals surface area contributed by atoms with Crippen molar-refractivity contribution in [2.75, 3.05) is 24.5 Å². The molecule has 1 aromatic rings. The van der Waals surface area contributed by atoms with Gasteiger partial charge in [0.1, 0.15) is 12.1 Å². The predicted octanol–water partition coefficient (Wildman–Crippen LogP) is 1.39. The fraction of sp³-hybridized carbons (Fsp3) is 0.636. The van der Waals surface area contributed by atoms with E-state index in [4.69, 9.17) is 5.73 Å². The Bertz CT molecular complexity index is 296. The molecule has 0 aliphatic carbocycles. The lowest BCUT2D eigenvalue weighted by Crippen LogP contribution is -2.25. The molecule has 0 aromatic carbocycles. The number of nitrogens with zero attached hydrogens (tertiary/aromatic N) is 3. The lowest BCUT2D eigenvalue weighted by atomic mass is 10.0. The molecule has 1 aromatic heterocycles. The van der Waals surface area contributed by atoms with Crippen molar-refractivity contribution in [3.05, 3.63) is 18.1 Å². The maximum Gasteiger partial charge on any atom is 0.135 e. The van der Waals surface area contributed by atoms with E-state index in [9.17, 15) is 0 Å². The fourth-order valence-corrected chi connectivity index (χ4v) is 1.60. The van der Waals surface area contributed by atoms with Crippen molar-refractivity contribution in [1.29, 1.82) is 0 Å². The molecule has 0 saturated carbocycles. The number of anilines is 1. The van der Waals surface area contributed by atoms with E-state index in [2.05, 4.69) is 35.6 Å². The molecule has 1 heterocycles. The van der Waals surface area contributed by atoms with Gasteiger partial charge in [-0.05, 0) is 26.3 Å². The minimum absolute atomic E-state index is 0.307. The zero-order chi connectivity index (χ0) is 11.3. The zero-order valence-electron chi connectivity index (χ0n) is 9.77. The predicted molar refractivity (Wildman–Crippen MR) is 63.1 cm³/mol. The largest absolute Gasteiger partial charge is 0.357 e. The molecule has 1 atom stereocenters. The van der Waals surface area contributed by atoms with Crippen molar-refractivity contribution in [2.45, 2.75) is 26.7 Å². The van der Waals surface area contributed by atoms with Crippen molar-refractivity contribution < 1.29 is 0 Å². The molecule has 0 fully saturated rings. The molecule has 4 heteroatoms. The summed E-state index contributed by atoms with van der Waals surface area (Å²) in [5.41, 5.74) is 6.82. The van der Waals surface area contributed by atoms with E-state index in [-0.39, 0.29) is 0 Å². The van der Waals surface area contributed by atoms with Gasteiger partial charge < -0.3 is 10.6 Å². The maximum absolute atomic E-state index is 5.68. The topological polar surface area (TPSA) is 55.0 Å². The Kier molecular flexibility index (Phi) is 4.49. The summed E-state index contributed by atoms with van der Waals surface area (Å²) >= 11 is 0. The summed E-state index contributed by atoms with van der Waals surface area (Å²) in [5, 5.41) is 0. The van der Waals surface area contributed by atoms with Crippen LogP contribution in [0.5, 0.6) is 0 Å². The number of hydrogen-bond donors (Lipinski definition) is 1. The lowest BCUT2D eigenvalue weighted by Gasteiger charge is -2.24. The van der Waals surface area contributed by atoms with Crippen LogP contribution in [-0.4, -0.2) is 29.6 Å². The van der Waals surface area contributed by atoms with E-state index in [1.807, 2.05) is 6.20 Å². The van der Waals surface area contributed by atoms with E-state index in [0.29, 0.717) is 12.5 Å². The SMILES string of the molecule is CCN(CC)c1ncncc1C(C)CN. The molecule has 15 heavy (non-hydrogen) atoms. The van der Waals surface area contributed by atoms with Crippen LogP contribution in [0.4, 0.5) is 5.82 Å². The second-order valence-electron chi connectivity index (χ2n) is 3.61.